The number of hydrogen-bond acceptors (Lipinski definition) is 5. The predicted octanol–water partition coefficient (Wildman–Crippen LogP) is 3.14. The molecule has 6 heteroatoms. The van der Waals surface area contributed by atoms with Gasteiger partial charge in [-0.3, -0.25) is 4.90 Å². The summed E-state index contributed by atoms with van der Waals surface area (Å²) >= 11 is 0. The maximum absolute atomic E-state index is 14.0. The van der Waals surface area contributed by atoms with Crippen LogP contribution in [0.25, 0.3) is 0 Å². The van der Waals surface area contributed by atoms with E-state index in [1.54, 1.807) is 12.1 Å². The summed E-state index contributed by atoms with van der Waals surface area (Å²) in [6, 6.07) is 12.5. The second-order valence-electron chi connectivity index (χ2n) is 7.61. The first-order chi connectivity index (χ1) is 13.0. The first-order valence-corrected chi connectivity index (χ1v) is 8.98. The smallest absolute Gasteiger partial charge is 0.189 e. The Bertz CT molecular complexity index is 962. The molecule has 0 aromatic heterocycles. The van der Waals surface area contributed by atoms with E-state index in [-0.39, 0.29) is 23.7 Å². The Morgan fingerprint density at radius 3 is 2.59 bits per heavy atom. The Morgan fingerprint density at radius 1 is 1.22 bits per heavy atom. The summed E-state index contributed by atoms with van der Waals surface area (Å²) < 4.78 is 14.0. The highest BCUT2D eigenvalue weighted by Crippen LogP contribution is 2.57. The van der Waals surface area contributed by atoms with Crippen molar-refractivity contribution >= 4 is 5.71 Å². The lowest BCUT2D eigenvalue weighted by Crippen LogP contribution is -2.55. The number of benzene rings is 1. The van der Waals surface area contributed by atoms with Gasteiger partial charge in [0, 0.05) is 23.9 Å². The van der Waals surface area contributed by atoms with Gasteiger partial charge in [0.05, 0.1) is 23.9 Å². The number of nitriles is 3. The Kier molecular flexibility index (Phi) is 3.88. The Labute approximate surface area is 157 Å². The van der Waals surface area contributed by atoms with Crippen LogP contribution in [0, 0.1) is 62.5 Å². The van der Waals surface area contributed by atoms with Crippen LogP contribution in [0.15, 0.2) is 35.9 Å². The molecule has 0 radical (unpaired) electrons. The fraction of sp³-hybridized carbons (Fsp3) is 0.429. The molecule has 0 amide bonds. The third kappa shape index (κ3) is 2.19. The van der Waals surface area contributed by atoms with Gasteiger partial charge < -0.3 is 5.41 Å². The van der Waals surface area contributed by atoms with Crippen LogP contribution in [0.1, 0.15) is 24.3 Å². The van der Waals surface area contributed by atoms with Crippen molar-refractivity contribution in [3.8, 4) is 18.2 Å². The van der Waals surface area contributed by atoms with Crippen LogP contribution in [0.2, 0.25) is 0 Å². The summed E-state index contributed by atoms with van der Waals surface area (Å²) in [6.45, 7) is 0. The lowest BCUT2D eigenvalue weighted by atomic mass is 9.53. The van der Waals surface area contributed by atoms with Gasteiger partial charge in [0.25, 0.3) is 0 Å². The van der Waals surface area contributed by atoms with Crippen LogP contribution in [0.5, 0.6) is 0 Å². The van der Waals surface area contributed by atoms with Crippen molar-refractivity contribution in [2.45, 2.75) is 30.8 Å². The number of hydrogen-bond donors (Lipinski definition) is 1. The average molecular weight is 359 g/mol. The number of nitrogens with one attached hydrogen (secondary N) is 1. The molecular weight excluding hydrogens is 341 g/mol. The van der Waals surface area contributed by atoms with Crippen LogP contribution in [-0.2, 0) is 0 Å². The predicted molar refractivity (Wildman–Crippen MR) is 95.8 cm³/mol. The third-order valence-corrected chi connectivity index (χ3v) is 6.55. The minimum atomic E-state index is -1.79. The molecule has 2 fully saturated rings. The summed E-state index contributed by atoms with van der Waals surface area (Å²) in [6.07, 6.45) is 3.87. The molecule has 5 atom stereocenters. The summed E-state index contributed by atoms with van der Waals surface area (Å²) in [4.78, 5) is 2.23. The summed E-state index contributed by atoms with van der Waals surface area (Å²) in [5.74, 6) is -2.27. The van der Waals surface area contributed by atoms with E-state index in [0.717, 1.165) is 18.4 Å². The van der Waals surface area contributed by atoms with Gasteiger partial charge in [-0.15, -0.1) is 0 Å². The first kappa shape index (κ1) is 17.4. The van der Waals surface area contributed by atoms with E-state index < -0.39 is 23.1 Å². The van der Waals surface area contributed by atoms with Gasteiger partial charge >= 0.3 is 0 Å². The molecule has 5 nitrogen and oxygen atoms in total. The average Bonchev–Trinajstić information content (AvgIpc) is 2.90. The molecule has 3 aliphatic rings. The standard InChI is InChI=1S/C21H18FN5/c1-27-14-5-6-17(27)18-15(8-14)16(9-23)20(26)21(10-24,11-25)19(18)12-3-2-4-13(22)7-12/h2-4,7-8,14,16-19,26H,5-6H2,1H3/t14-,16?,17+,18-,19-/m0/s1. The van der Waals surface area contributed by atoms with Gasteiger partial charge in [0.2, 0.25) is 0 Å². The molecule has 27 heavy (non-hydrogen) atoms. The highest BCUT2D eigenvalue weighted by Gasteiger charge is 2.61. The number of nitrogens with zero attached hydrogens (tertiary/aromatic N) is 4. The second-order valence-corrected chi connectivity index (χ2v) is 7.61. The van der Waals surface area contributed by atoms with Gasteiger partial charge in [-0.2, -0.15) is 15.8 Å². The largest absolute Gasteiger partial charge is 0.305 e. The van der Waals surface area contributed by atoms with Crippen molar-refractivity contribution < 1.29 is 4.39 Å². The third-order valence-electron chi connectivity index (χ3n) is 6.55. The normalized spacial score (nSPS) is 34.0. The molecule has 4 rings (SSSR count). The summed E-state index contributed by atoms with van der Waals surface area (Å²) in [7, 11) is 2.01. The van der Waals surface area contributed by atoms with Crippen LogP contribution in [0.3, 0.4) is 0 Å². The molecule has 1 aliphatic carbocycles. The van der Waals surface area contributed by atoms with E-state index in [2.05, 4.69) is 23.1 Å². The van der Waals surface area contributed by atoms with E-state index in [4.69, 9.17) is 5.41 Å². The summed E-state index contributed by atoms with van der Waals surface area (Å²) in [5, 5.41) is 38.4. The van der Waals surface area contributed by atoms with Crippen molar-refractivity contribution in [2.24, 2.45) is 17.3 Å². The van der Waals surface area contributed by atoms with Crippen LogP contribution >= 0.6 is 0 Å². The molecule has 2 bridgehead atoms. The first-order valence-electron chi connectivity index (χ1n) is 8.98. The maximum atomic E-state index is 14.0. The zero-order chi connectivity index (χ0) is 19.3. The molecule has 134 valence electrons. The number of likely N-dealkylation sites (N-methyl/N-ethyl adjacent to an activating group) is 1. The Morgan fingerprint density at radius 2 is 1.96 bits per heavy atom. The molecule has 1 aromatic carbocycles. The monoisotopic (exact) mass is 359 g/mol. The quantitative estimate of drug-likeness (QED) is 0.779. The van der Waals surface area contributed by atoms with Gasteiger partial charge in [-0.1, -0.05) is 18.2 Å². The van der Waals surface area contributed by atoms with E-state index in [1.165, 1.54) is 12.1 Å². The SMILES string of the molecule is CN1[C@@H]2C=C3C(C#N)C(=N)C(C#N)(C#N)[C@@H](c4cccc(F)c4)[C@@H]3[C@H]1CC2. The van der Waals surface area contributed by atoms with Crippen LogP contribution in [0.4, 0.5) is 4.39 Å². The van der Waals surface area contributed by atoms with Gasteiger partial charge in [0.1, 0.15) is 11.7 Å². The summed E-state index contributed by atoms with van der Waals surface area (Å²) in [5.41, 5.74) is -0.611. The molecule has 1 saturated heterocycles. The van der Waals surface area contributed by atoms with E-state index >= 15 is 0 Å². The van der Waals surface area contributed by atoms with Crippen molar-refractivity contribution in [1.29, 1.82) is 21.2 Å². The van der Waals surface area contributed by atoms with E-state index in [9.17, 15) is 20.2 Å². The fourth-order valence-corrected chi connectivity index (χ4v) is 5.30. The maximum Gasteiger partial charge on any atom is 0.189 e. The molecule has 1 unspecified atom stereocenters. The second kappa shape index (κ2) is 6.02. The molecule has 2 heterocycles. The minimum absolute atomic E-state index is 0.0632. The number of halogens is 1. The van der Waals surface area contributed by atoms with Crippen LogP contribution in [-0.4, -0.2) is 29.7 Å². The van der Waals surface area contributed by atoms with Gasteiger partial charge in [-0.05, 0) is 43.2 Å². The molecule has 1 N–H and O–H groups in total. The van der Waals surface area contributed by atoms with Crippen molar-refractivity contribution in [1.82, 2.24) is 4.90 Å². The molecular formula is C21H18FN5. The topological polar surface area (TPSA) is 98.5 Å². The van der Waals surface area contributed by atoms with E-state index in [0.29, 0.717) is 5.56 Å². The molecule has 2 aliphatic heterocycles. The van der Waals surface area contributed by atoms with Gasteiger partial charge in [0.15, 0.2) is 5.41 Å². The van der Waals surface area contributed by atoms with Gasteiger partial charge in [-0.25, -0.2) is 4.39 Å². The zero-order valence-electron chi connectivity index (χ0n) is 14.9. The molecule has 1 aromatic rings. The Balaban J connectivity index is 2.01. The zero-order valence-corrected chi connectivity index (χ0v) is 14.9. The highest BCUT2D eigenvalue weighted by atomic mass is 19.1. The van der Waals surface area contributed by atoms with Crippen molar-refractivity contribution in [3.63, 3.8) is 0 Å². The fourth-order valence-electron chi connectivity index (χ4n) is 5.30. The van der Waals surface area contributed by atoms with Crippen molar-refractivity contribution in [3.05, 3.63) is 47.3 Å². The minimum Gasteiger partial charge on any atom is -0.305 e. The van der Waals surface area contributed by atoms with Crippen LogP contribution < -0.4 is 0 Å². The number of rotatable bonds is 1. The lowest BCUT2D eigenvalue weighted by Gasteiger charge is -2.50. The Hall–Kier alpha value is -3.01. The molecule has 1 saturated carbocycles. The lowest BCUT2D eigenvalue weighted by molar-refractivity contribution is 0.157. The number of fused-ring (bicyclic) bond motifs is 4. The molecule has 0 spiro atoms. The van der Waals surface area contributed by atoms with E-state index in [1.807, 2.05) is 13.1 Å². The highest BCUT2D eigenvalue weighted by molar-refractivity contribution is 6.01. The van der Waals surface area contributed by atoms with Crippen molar-refractivity contribution in [2.75, 3.05) is 7.05 Å².